The van der Waals surface area contributed by atoms with Crippen LogP contribution in [0.25, 0.3) is 11.1 Å². The predicted octanol–water partition coefficient (Wildman–Crippen LogP) is 4.49. The van der Waals surface area contributed by atoms with Crippen molar-refractivity contribution < 1.29 is 18.0 Å². The number of carbonyl (C=O) groups is 1. The number of benzene rings is 2. The molecule has 0 saturated heterocycles. The molecular formula is C15H11F3O. The Morgan fingerprint density at radius 1 is 1.00 bits per heavy atom. The fraction of sp³-hybridized carbons (Fsp3) is 0.133. The van der Waals surface area contributed by atoms with Crippen molar-refractivity contribution in [3.8, 4) is 11.1 Å². The van der Waals surface area contributed by atoms with Crippen molar-refractivity contribution in [1.29, 1.82) is 0 Å². The molecule has 0 aliphatic rings. The maximum Gasteiger partial charge on any atom is 0.416 e. The van der Waals surface area contributed by atoms with E-state index in [-0.39, 0.29) is 0 Å². The van der Waals surface area contributed by atoms with Crippen LogP contribution < -0.4 is 0 Å². The van der Waals surface area contributed by atoms with Crippen LogP contribution in [0.5, 0.6) is 0 Å². The smallest absolute Gasteiger partial charge is 0.298 e. The molecule has 0 fully saturated rings. The van der Waals surface area contributed by atoms with E-state index in [9.17, 15) is 18.0 Å². The van der Waals surface area contributed by atoms with Crippen LogP contribution in [0.3, 0.4) is 0 Å². The average molecular weight is 264 g/mol. The summed E-state index contributed by atoms with van der Waals surface area (Å²) >= 11 is 0. The van der Waals surface area contributed by atoms with Crippen molar-refractivity contribution in [1.82, 2.24) is 0 Å². The lowest BCUT2D eigenvalue weighted by molar-refractivity contribution is -0.137. The summed E-state index contributed by atoms with van der Waals surface area (Å²) in [6.07, 6.45) is -3.64. The Kier molecular flexibility index (Phi) is 3.42. The molecule has 1 nitrogen and oxygen atoms in total. The minimum atomic E-state index is -4.35. The molecule has 98 valence electrons. The largest absolute Gasteiger partial charge is 0.416 e. The molecular weight excluding hydrogens is 253 g/mol. The zero-order chi connectivity index (χ0) is 14.0. The monoisotopic (exact) mass is 264 g/mol. The first-order valence-electron chi connectivity index (χ1n) is 5.65. The number of rotatable bonds is 2. The number of alkyl halides is 3. The molecule has 0 amide bonds. The highest BCUT2D eigenvalue weighted by Gasteiger charge is 2.30. The Balaban J connectivity index is 2.46. The second-order valence-corrected chi connectivity index (χ2v) is 4.28. The lowest BCUT2D eigenvalue weighted by Crippen LogP contribution is -2.04. The van der Waals surface area contributed by atoms with Crippen LogP contribution >= 0.6 is 0 Å². The summed E-state index contributed by atoms with van der Waals surface area (Å²) in [5.74, 6) is 0. The zero-order valence-electron chi connectivity index (χ0n) is 10.2. The van der Waals surface area contributed by atoms with Gasteiger partial charge in [-0.15, -0.1) is 0 Å². The molecule has 0 radical (unpaired) electrons. The van der Waals surface area contributed by atoms with Gasteiger partial charge < -0.3 is 0 Å². The predicted molar refractivity (Wildman–Crippen MR) is 67.0 cm³/mol. The van der Waals surface area contributed by atoms with E-state index in [4.69, 9.17) is 0 Å². The Bertz CT molecular complexity index is 598. The lowest BCUT2D eigenvalue weighted by Gasteiger charge is -2.09. The fourth-order valence-corrected chi connectivity index (χ4v) is 1.88. The SMILES string of the molecule is Cc1ccc(-c2ccc(C(F)(F)F)cc2)c(C=O)c1. The minimum absolute atomic E-state index is 0.472. The van der Waals surface area contributed by atoms with Crippen LogP contribution in [-0.4, -0.2) is 6.29 Å². The minimum Gasteiger partial charge on any atom is -0.298 e. The van der Waals surface area contributed by atoms with Crippen molar-refractivity contribution >= 4 is 6.29 Å². The standard InChI is InChI=1S/C15H11F3O/c1-10-2-7-14(12(8-10)9-19)11-3-5-13(6-4-11)15(16,17)18/h2-9H,1H3. The Hall–Kier alpha value is -2.10. The summed E-state index contributed by atoms with van der Waals surface area (Å²) < 4.78 is 37.4. The van der Waals surface area contributed by atoms with Crippen LogP contribution in [0.1, 0.15) is 21.5 Å². The molecule has 0 atom stereocenters. The molecule has 0 heterocycles. The molecule has 0 aromatic heterocycles. The quantitative estimate of drug-likeness (QED) is 0.730. The van der Waals surface area contributed by atoms with Gasteiger partial charge in [0.1, 0.15) is 0 Å². The van der Waals surface area contributed by atoms with E-state index in [1.807, 2.05) is 13.0 Å². The molecule has 0 bridgehead atoms. The first-order valence-corrected chi connectivity index (χ1v) is 5.65. The van der Waals surface area contributed by atoms with E-state index in [1.54, 1.807) is 12.1 Å². The van der Waals surface area contributed by atoms with Crippen molar-refractivity contribution in [2.24, 2.45) is 0 Å². The van der Waals surface area contributed by atoms with E-state index in [1.165, 1.54) is 12.1 Å². The van der Waals surface area contributed by atoms with Gasteiger partial charge in [0.05, 0.1) is 5.56 Å². The molecule has 2 aromatic carbocycles. The third-order valence-corrected chi connectivity index (χ3v) is 2.86. The van der Waals surface area contributed by atoms with Crippen LogP contribution in [0.4, 0.5) is 13.2 Å². The van der Waals surface area contributed by atoms with Crippen molar-refractivity contribution in [3.05, 3.63) is 59.2 Å². The highest BCUT2D eigenvalue weighted by Crippen LogP contribution is 2.31. The summed E-state index contributed by atoms with van der Waals surface area (Å²) in [5, 5.41) is 0. The van der Waals surface area contributed by atoms with Gasteiger partial charge in [-0.25, -0.2) is 0 Å². The van der Waals surface area contributed by atoms with E-state index >= 15 is 0 Å². The van der Waals surface area contributed by atoms with Crippen LogP contribution in [0.15, 0.2) is 42.5 Å². The van der Waals surface area contributed by atoms with E-state index in [0.29, 0.717) is 23.0 Å². The van der Waals surface area contributed by atoms with E-state index in [0.717, 1.165) is 17.7 Å². The lowest BCUT2D eigenvalue weighted by atomic mass is 9.97. The van der Waals surface area contributed by atoms with E-state index in [2.05, 4.69) is 0 Å². The van der Waals surface area contributed by atoms with Gasteiger partial charge >= 0.3 is 6.18 Å². The number of aryl methyl sites for hydroxylation is 1. The van der Waals surface area contributed by atoms with Gasteiger partial charge in [-0.05, 0) is 36.2 Å². The maximum absolute atomic E-state index is 12.5. The topological polar surface area (TPSA) is 17.1 Å². The van der Waals surface area contributed by atoms with Gasteiger partial charge in [0.15, 0.2) is 6.29 Å². The molecule has 0 saturated carbocycles. The second-order valence-electron chi connectivity index (χ2n) is 4.28. The number of hydrogen-bond donors (Lipinski definition) is 0. The molecule has 2 rings (SSSR count). The number of aldehydes is 1. The summed E-state index contributed by atoms with van der Waals surface area (Å²) in [6, 6.07) is 10.1. The summed E-state index contributed by atoms with van der Waals surface area (Å²) in [4.78, 5) is 11.0. The molecule has 0 spiro atoms. The maximum atomic E-state index is 12.5. The number of hydrogen-bond acceptors (Lipinski definition) is 1. The van der Waals surface area contributed by atoms with Gasteiger partial charge in [-0.3, -0.25) is 4.79 Å². The van der Waals surface area contributed by atoms with Crippen molar-refractivity contribution in [2.75, 3.05) is 0 Å². The van der Waals surface area contributed by atoms with Crippen LogP contribution in [-0.2, 0) is 6.18 Å². The van der Waals surface area contributed by atoms with Gasteiger partial charge in [-0.1, -0.05) is 29.8 Å². The first-order chi connectivity index (χ1) is 8.91. The van der Waals surface area contributed by atoms with Crippen LogP contribution in [0.2, 0.25) is 0 Å². The van der Waals surface area contributed by atoms with Gasteiger partial charge in [0.25, 0.3) is 0 Å². The molecule has 19 heavy (non-hydrogen) atoms. The Labute approximate surface area is 108 Å². The molecule has 4 heteroatoms. The molecule has 0 N–H and O–H groups in total. The van der Waals surface area contributed by atoms with Crippen molar-refractivity contribution in [2.45, 2.75) is 13.1 Å². The number of carbonyl (C=O) groups excluding carboxylic acids is 1. The highest BCUT2D eigenvalue weighted by molar-refractivity contribution is 5.87. The zero-order valence-corrected chi connectivity index (χ0v) is 10.2. The third-order valence-electron chi connectivity index (χ3n) is 2.86. The van der Waals surface area contributed by atoms with Crippen molar-refractivity contribution in [3.63, 3.8) is 0 Å². The molecule has 0 aliphatic carbocycles. The van der Waals surface area contributed by atoms with Gasteiger partial charge in [0.2, 0.25) is 0 Å². The average Bonchev–Trinajstić information content (AvgIpc) is 2.37. The Morgan fingerprint density at radius 3 is 2.16 bits per heavy atom. The molecule has 0 aliphatic heterocycles. The second kappa shape index (κ2) is 4.88. The first kappa shape index (κ1) is 13.3. The molecule has 0 unspecified atom stereocenters. The molecule has 2 aromatic rings. The van der Waals surface area contributed by atoms with Gasteiger partial charge in [-0.2, -0.15) is 13.2 Å². The van der Waals surface area contributed by atoms with Gasteiger partial charge in [0, 0.05) is 5.56 Å². The summed E-state index contributed by atoms with van der Waals surface area (Å²) in [6.45, 7) is 1.85. The number of halogens is 3. The van der Waals surface area contributed by atoms with E-state index < -0.39 is 11.7 Å². The Morgan fingerprint density at radius 2 is 1.63 bits per heavy atom. The summed E-state index contributed by atoms with van der Waals surface area (Å²) in [5.41, 5.74) is 1.93. The fourth-order valence-electron chi connectivity index (χ4n) is 1.88. The summed E-state index contributed by atoms with van der Waals surface area (Å²) in [7, 11) is 0. The highest BCUT2D eigenvalue weighted by atomic mass is 19.4. The van der Waals surface area contributed by atoms with Crippen LogP contribution in [0, 0.1) is 6.92 Å². The normalized spacial score (nSPS) is 11.4. The third kappa shape index (κ3) is 2.84.